The molecule has 0 bridgehead atoms. The lowest BCUT2D eigenvalue weighted by Crippen LogP contribution is -2.36. The molecule has 0 rings (SSSR count). The van der Waals surface area contributed by atoms with E-state index in [0.717, 1.165) is 77.3 Å². The van der Waals surface area contributed by atoms with Gasteiger partial charge in [0, 0.05) is 38.8 Å². The van der Waals surface area contributed by atoms with E-state index in [2.05, 4.69) is 44.8 Å². The molecule has 0 aliphatic rings. The molecular formula is C55H104N2O10. The monoisotopic (exact) mass is 953 g/mol. The van der Waals surface area contributed by atoms with Gasteiger partial charge in [-0.25, -0.2) is 4.79 Å². The van der Waals surface area contributed by atoms with Crippen LogP contribution in [-0.4, -0.2) is 93.6 Å². The molecule has 0 aliphatic heterocycles. The van der Waals surface area contributed by atoms with Crippen molar-refractivity contribution in [1.29, 1.82) is 0 Å². The third-order valence-electron chi connectivity index (χ3n) is 12.6. The van der Waals surface area contributed by atoms with Gasteiger partial charge in [-0.2, -0.15) is 0 Å². The lowest BCUT2D eigenvalue weighted by Gasteiger charge is -2.19. The van der Waals surface area contributed by atoms with E-state index in [1.165, 1.54) is 109 Å². The highest BCUT2D eigenvalue weighted by atomic mass is 16.6. The highest BCUT2D eigenvalue weighted by Gasteiger charge is 2.19. The molecule has 1 amide bonds. The van der Waals surface area contributed by atoms with Crippen molar-refractivity contribution in [1.82, 2.24) is 10.2 Å². The minimum Gasteiger partial charge on any atom is -0.466 e. The van der Waals surface area contributed by atoms with Crippen LogP contribution in [0.25, 0.3) is 0 Å². The summed E-state index contributed by atoms with van der Waals surface area (Å²) in [5, 5.41) is 2.76. The van der Waals surface area contributed by atoms with E-state index in [9.17, 15) is 24.0 Å². The van der Waals surface area contributed by atoms with E-state index in [4.69, 9.17) is 23.7 Å². The van der Waals surface area contributed by atoms with E-state index >= 15 is 0 Å². The van der Waals surface area contributed by atoms with Gasteiger partial charge in [0.2, 0.25) is 0 Å². The van der Waals surface area contributed by atoms with Crippen LogP contribution in [0.1, 0.15) is 259 Å². The zero-order valence-corrected chi connectivity index (χ0v) is 44.1. The molecule has 12 heteroatoms. The van der Waals surface area contributed by atoms with Gasteiger partial charge in [-0.05, 0) is 70.9 Å². The molecule has 0 radical (unpaired) electrons. The fourth-order valence-electron chi connectivity index (χ4n) is 8.08. The first kappa shape index (κ1) is 64.1. The SMILES string of the molecule is CCCCCCCCCCOC(=O)CCCCCCCC(=O)OCC(COC(=O)CCCCCC(=O)OC(CCCCCCCC)CCCCCCCCC)COC(=O)NCCN(CC)CC. The molecule has 0 spiro atoms. The van der Waals surface area contributed by atoms with Crippen molar-refractivity contribution in [3.8, 4) is 0 Å². The van der Waals surface area contributed by atoms with E-state index in [-0.39, 0.29) is 62.6 Å². The molecule has 0 heterocycles. The second kappa shape index (κ2) is 49.5. The van der Waals surface area contributed by atoms with E-state index in [1.54, 1.807) is 0 Å². The number of carbonyl (C=O) groups is 5. The molecule has 394 valence electrons. The van der Waals surface area contributed by atoms with Crippen LogP contribution in [0.2, 0.25) is 0 Å². The Balaban J connectivity index is 4.63. The van der Waals surface area contributed by atoms with Crippen molar-refractivity contribution in [2.45, 2.75) is 265 Å². The summed E-state index contributed by atoms with van der Waals surface area (Å²) >= 11 is 0. The number of alkyl carbamates (subject to hydrolysis) is 1. The van der Waals surface area contributed by atoms with Gasteiger partial charge in [0.1, 0.15) is 25.9 Å². The highest BCUT2D eigenvalue weighted by Crippen LogP contribution is 2.19. The molecule has 0 aromatic heterocycles. The van der Waals surface area contributed by atoms with Gasteiger partial charge in [0.05, 0.1) is 12.5 Å². The smallest absolute Gasteiger partial charge is 0.407 e. The Morgan fingerprint density at radius 1 is 0.403 bits per heavy atom. The van der Waals surface area contributed by atoms with Gasteiger partial charge in [-0.15, -0.1) is 0 Å². The summed E-state index contributed by atoms with van der Waals surface area (Å²) in [4.78, 5) is 64.9. The Kier molecular flexibility index (Phi) is 47.4. The molecule has 0 aromatic carbocycles. The molecule has 0 aromatic rings. The standard InChI is InChI=1S/C55H104N2O10/c1-6-11-14-17-20-22-28-36-45-63-51(58)39-32-26-23-27-33-40-52(59)64-46-49(48-66-55(62)56-43-44-57(9-4)10-5)47-65-53(60)41-34-29-35-42-54(61)67-50(37-30-24-19-16-13-8-3)38-31-25-21-18-15-12-7-2/h49-50H,6-48H2,1-5H3,(H,56,62). The normalized spacial score (nSPS) is 12.1. The number of unbranched alkanes of at least 4 members (excludes halogenated alkanes) is 24. The maximum absolute atomic E-state index is 12.8. The van der Waals surface area contributed by atoms with Gasteiger partial charge >= 0.3 is 30.0 Å². The number of likely N-dealkylation sites (N-methyl/N-ethyl adjacent to an activating group) is 1. The summed E-state index contributed by atoms with van der Waals surface area (Å²) in [6.07, 6.45) is 34.3. The first-order chi connectivity index (χ1) is 32.7. The van der Waals surface area contributed by atoms with Gasteiger partial charge in [-0.3, -0.25) is 19.2 Å². The average Bonchev–Trinajstić information content (AvgIpc) is 3.32. The number of rotatable bonds is 50. The van der Waals surface area contributed by atoms with Crippen LogP contribution in [0.15, 0.2) is 0 Å². The molecule has 0 fully saturated rings. The van der Waals surface area contributed by atoms with Crippen molar-refractivity contribution < 1.29 is 47.7 Å². The summed E-state index contributed by atoms with van der Waals surface area (Å²) < 4.78 is 27.9. The lowest BCUT2D eigenvalue weighted by atomic mass is 10.0. The summed E-state index contributed by atoms with van der Waals surface area (Å²) in [5.74, 6) is -1.52. The predicted molar refractivity (Wildman–Crippen MR) is 272 cm³/mol. The quantitative estimate of drug-likeness (QED) is 0.0353. The summed E-state index contributed by atoms with van der Waals surface area (Å²) in [5.41, 5.74) is 0. The molecule has 12 nitrogen and oxygen atoms in total. The number of carbonyl (C=O) groups excluding carboxylic acids is 5. The molecule has 2 unspecified atom stereocenters. The molecule has 67 heavy (non-hydrogen) atoms. The number of esters is 4. The predicted octanol–water partition coefficient (Wildman–Crippen LogP) is 13.9. The third-order valence-corrected chi connectivity index (χ3v) is 12.6. The Bertz CT molecular complexity index is 1170. The van der Waals surface area contributed by atoms with Crippen molar-refractivity contribution in [3.63, 3.8) is 0 Å². The van der Waals surface area contributed by atoms with Gasteiger partial charge in [0.25, 0.3) is 0 Å². The second-order valence-electron chi connectivity index (χ2n) is 18.9. The molecule has 2 atom stereocenters. The van der Waals surface area contributed by atoms with Crippen LogP contribution >= 0.6 is 0 Å². The Hall–Kier alpha value is -2.89. The van der Waals surface area contributed by atoms with Gasteiger partial charge < -0.3 is 33.9 Å². The van der Waals surface area contributed by atoms with Crippen LogP contribution in [0.5, 0.6) is 0 Å². The zero-order chi connectivity index (χ0) is 49.3. The first-order valence-corrected chi connectivity index (χ1v) is 28.0. The summed E-state index contributed by atoms with van der Waals surface area (Å²) in [6, 6.07) is 0. The van der Waals surface area contributed by atoms with E-state index < -0.39 is 12.0 Å². The van der Waals surface area contributed by atoms with Crippen LogP contribution in [0, 0.1) is 5.92 Å². The number of amides is 1. The first-order valence-electron chi connectivity index (χ1n) is 28.0. The molecule has 0 saturated heterocycles. The maximum Gasteiger partial charge on any atom is 0.407 e. The van der Waals surface area contributed by atoms with Gasteiger partial charge in [0.15, 0.2) is 0 Å². The Morgan fingerprint density at radius 3 is 1.21 bits per heavy atom. The van der Waals surface area contributed by atoms with Crippen LogP contribution in [0.4, 0.5) is 4.79 Å². The van der Waals surface area contributed by atoms with Crippen LogP contribution in [0.3, 0.4) is 0 Å². The number of nitrogens with zero attached hydrogens (tertiary/aromatic N) is 1. The molecule has 0 aliphatic carbocycles. The Labute approximate surface area is 410 Å². The second-order valence-corrected chi connectivity index (χ2v) is 18.9. The highest BCUT2D eigenvalue weighted by molar-refractivity contribution is 5.70. The largest absolute Gasteiger partial charge is 0.466 e. The minimum atomic E-state index is -0.573. The number of hydrogen-bond acceptors (Lipinski definition) is 11. The molecule has 0 saturated carbocycles. The summed E-state index contributed by atoms with van der Waals surface area (Å²) in [6.45, 7) is 14.1. The van der Waals surface area contributed by atoms with Crippen LogP contribution < -0.4 is 5.32 Å². The Morgan fingerprint density at radius 2 is 0.761 bits per heavy atom. The number of hydrogen-bond donors (Lipinski definition) is 1. The average molecular weight is 953 g/mol. The van der Waals surface area contributed by atoms with Gasteiger partial charge in [-0.1, -0.05) is 176 Å². The lowest BCUT2D eigenvalue weighted by molar-refractivity contribution is -0.151. The summed E-state index contributed by atoms with van der Waals surface area (Å²) in [7, 11) is 0. The molecular weight excluding hydrogens is 849 g/mol. The number of ether oxygens (including phenoxy) is 5. The number of nitrogens with one attached hydrogen (secondary N) is 1. The fraction of sp³-hybridized carbons (Fsp3) is 0.909. The minimum absolute atomic E-state index is 0.00649. The van der Waals surface area contributed by atoms with Crippen molar-refractivity contribution in [3.05, 3.63) is 0 Å². The van der Waals surface area contributed by atoms with Crippen molar-refractivity contribution >= 4 is 30.0 Å². The van der Waals surface area contributed by atoms with Crippen molar-refractivity contribution in [2.75, 3.05) is 52.6 Å². The third kappa shape index (κ3) is 45.3. The van der Waals surface area contributed by atoms with E-state index in [0.29, 0.717) is 58.2 Å². The maximum atomic E-state index is 12.8. The molecule has 1 N–H and O–H groups in total. The van der Waals surface area contributed by atoms with Crippen molar-refractivity contribution in [2.24, 2.45) is 5.92 Å². The fourth-order valence-corrected chi connectivity index (χ4v) is 8.08. The zero-order valence-electron chi connectivity index (χ0n) is 44.1. The topological polar surface area (TPSA) is 147 Å². The van der Waals surface area contributed by atoms with Crippen LogP contribution in [-0.2, 0) is 42.9 Å². The van der Waals surface area contributed by atoms with E-state index in [1.807, 2.05) is 0 Å².